The van der Waals surface area contributed by atoms with Crippen LogP contribution in [-0.4, -0.2) is 15.9 Å². The van der Waals surface area contributed by atoms with Gasteiger partial charge in [-0.15, -0.1) is 11.3 Å². The number of thiazole rings is 1. The number of hydrogen-bond acceptors (Lipinski definition) is 3. The fourth-order valence-corrected chi connectivity index (χ4v) is 3.24. The Kier molecular flexibility index (Phi) is 3.85. The number of aromatic nitrogens is 2. The molecule has 2 heterocycles. The van der Waals surface area contributed by atoms with Crippen molar-refractivity contribution in [2.45, 2.75) is 26.8 Å². The highest BCUT2D eigenvalue weighted by Crippen LogP contribution is 2.16. The van der Waals surface area contributed by atoms with Gasteiger partial charge in [0.05, 0.1) is 11.4 Å². The second kappa shape index (κ2) is 5.77. The minimum Gasteiger partial charge on any atom is -0.311 e. The van der Waals surface area contributed by atoms with E-state index >= 15 is 0 Å². The number of imidazole rings is 1. The van der Waals surface area contributed by atoms with E-state index in [2.05, 4.69) is 64.4 Å². The van der Waals surface area contributed by atoms with Gasteiger partial charge in [0.2, 0.25) is 0 Å². The zero-order valence-electron chi connectivity index (χ0n) is 11.9. The second-order valence-corrected chi connectivity index (χ2v) is 5.99. The molecule has 4 heteroatoms. The monoisotopic (exact) mass is 285 g/mol. The number of rotatable bonds is 5. The van der Waals surface area contributed by atoms with E-state index in [0.717, 1.165) is 30.2 Å². The maximum atomic E-state index is 4.56. The van der Waals surface area contributed by atoms with Crippen molar-refractivity contribution in [2.75, 3.05) is 6.54 Å². The Labute approximate surface area is 123 Å². The molecule has 1 N–H and O–H groups in total. The van der Waals surface area contributed by atoms with Crippen molar-refractivity contribution in [3.63, 3.8) is 0 Å². The number of aryl methyl sites for hydroxylation is 2. The Balaban J connectivity index is 1.57. The summed E-state index contributed by atoms with van der Waals surface area (Å²) < 4.78 is 2.18. The Morgan fingerprint density at radius 1 is 1.30 bits per heavy atom. The highest BCUT2D eigenvalue weighted by atomic mass is 32.1. The molecule has 2 aromatic heterocycles. The molecule has 0 aliphatic rings. The van der Waals surface area contributed by atoms with Gasteiger partial charge in [0.1, 0.15) is 0 Å². The molecule has 0 saturated heterocycles. The Morgan fingerprint density at radius 2 is 2.20 bits per heavy atom. The summed E-state index contributed by atoms with van der Waals surface area (Å²) in [5, 5.41) is 5.60. The maximum absolute atomic E-state index is 4.56. The SMILES string of the molecule is Cc1cccc(CCNCc2c(C)nc3sccn23)c1. The quantitative estimate of drug-likeness (QED) is 0.729. The van der Waals surface area contributed by atoms with Crippen molar-refractivity contribution < 1.29 is 0 Å². The lowest BCUT2D eigenvalue weighted by Crippen LogP contribution is -2.18. The Hall–Kier alpha value is -1.65. The average Bonchev–Trinajstić information content (AvgIpc) is 2.96. The Bertz CT molecular complexity index is 711. The van der Waals surface area contributed by atoms with E-state index < -0.39 is 0 Å². The first kappa shape index (κ1) is 13.3. The lowest BCUT2D eigenvalue weighted by atomic mass is 10.1. The molecule has 3 nitrogen and oxygen atoms in total. The van der Waals surface area contributed by atoms with Crippen molar-refractivity contribution in [3.05, 3.63) is 58.4 Å². The third-order valence-electron chi connectivity index (χ3n) is 3.53. The molecule has 20 heavy (non-hydrogen) atoms. The first-order valence-corrected chi connectivity index (χ1v) is 7.79. The zero-order chi connectivity index (χ0) is 13.9. The van der Waals surface area contributed by atoms with Crippen molar-refractivity contribution in [2.24, 2.45) is 0 Å². The molecule has 0 spiro atoms. The summed E-state index contributed by atoms with van der Waals surface area (Å²) in [6.07, 6.45) is 3.16. The van der Waals surface area contributed by atoms with Crippen LogP contribution in [0.3, 0.4) is 0 Å². The molecular weight excluding hydrogens is 266 g/mol. The summed E-state index contributed by atoms with van der Waals surface area (Å²) in [5.41, 5.74) is 5.11. The molecule has 104 valence electrons. The van der Waals surface area contributed by atoms with E-state index in [0.29, 0.717) is 0 Å². The van der Waals surface area contributed by atoms with E-state index in [9.17, 15) is 0 Å². The lowest BCUT2D eigenvalue weighted by Gasteiger charge is -2.06. The van der Waals surface area contributed by atoms with Crippen LogP contribution in [0.2, 0.25) is 0 Å². The van der Waals surface area contributed by atoms with Gasteiger partial charge in [-0.2, -0.15) is 0 Å². The van der Waals surface area contributed by atoms with Crippen LogP contribution in [-0.2, 0) is 13.0 Å². The van der Waals surface area contributed by atoms with Gasteiger partial charge in [0.25, 0.3) is 0 Å². The van der Waals surface area contributed by atoms with Crippen LogP contribution in [0.15, 0.2) is 35.8 Å². The Morgan fingerprint density at radius 3 is 3.05 bits per heavy atom. The predicted molar refractivity (Wildman–Crippen MR) is 84.4 cm³/mol. The summed E-state index contributed by atoms with van der Waals surface area (Å²) in [4.78, 5) is 5.64. The molecule has 0 amide bonds. The smallest absolute Gasteiger partial charge is 0.194 e. The van der Waals surface area contributed by atoms with Gasteiger partial charge in [-0.3, -0.25) is 4.40 Å². The number of hydrogen-bond donors (Lipinski definition) is 1. The molecular formula is C16H19N3S. The van der Waals surface area contributed by atoms with Crippen LogP contribution >= 0.6 is 11.3 Å². The maximum Gasteiger partial charge on any atom is 0.194 e. The van der Waals surface area contributed by atoms with Crippen LogP contribution in [0, 0.1) is 13.8 Å². The van der Waals surface area contributed by atoms with Crippen LogP contribution in [0.5, 0.6) is 0 Å². The van der Waals surface area contributed by atoms with Crippen LogP contribution < -0.4 is 5.32 Å². The molecule has 3 rings (SSSR count). The van der Waals surface area contributed by atoms with E-state index in [1.807, 2.05) is 0 Å². The van der Waals surface area contributed by atoms with Gasteiger partial charge >= 0.3 is 0 Å². The van der Waals surface area contributed by atoms with Crippen LogP contribution in [0.4, 0.5) is 0 Å². The van der Waals surface area contributed by atoms with Crippen molar-refractivity contribution >= 4 is 16.3 Å². The first-order valence-electron chi connectivity index (χ1n) is 6.91. The molecule has 0 aliphatic carbocycles. The molecule has 0 fully saturated rings. The van der Waals surface area contributed by atoms with Gasteiger partial charge in [0.15, 0.2) is 4.96 Å². The van der Waals surface area contributed by atoms with Crippen molar-refractivity contribution in [1.29, 1.82) is 0 Å². The largest absolute Gasteiger partial charge is 0.311 e. The van der Waals surface area contributed by atoms with Gasteiger partial charge in [-0.05, 0) is 32.4 Å². The highest BCUT2D eigenvalue weighted by molar-refractivity contribution is 7.15. The molecule has 0 aliphatic heterocycles. The van der Waals surface area contributed by atoms with Gasteiger partial charge in [0, 0.05) is 18.1 Å². The second-order valence-electron chi connectivity index (χ2n) is 5.12. The normalized spacial score (nSPS) is 11.3. The summed E-state index contributed by atoms with van der Waals surface area (Å²) >= 11 is 1.68. The van der Waals surface area contributed by atoms with E-state index in [1.165, 1.54) is 16.8 Å². The van der Waals surface area contributed by atoms with Gasteiger partial charge in [-0.25, -0.2) is 4.98 Å². The summed E-state index contributed by atoms with van der Waals surface area (Å²) in [7, 11) is 0. The summed E-state index contributed by atoms with van der Waals surface area (Å²) in [6, 6.07) is 8.71. The number of nitrogens with zero attached hydrogens (tertiary/aromatic N) is 2. The summed E-state index contributed by atoms with van der Waals surface area (Å²) in [5.74, 6) is 0. The first-order chi connectivity index (χ1) is 9.74. The van der Waals surface area contributed by atoms with E-state index in [1.54, 1.807) is 11.3 Å². The van der Waals surface area contributed by atoms with Gasteiger partial charge < -0.3 is 5.32 Å². The molecule has 1 aromatic carbocycles. The topological polar surface area (TPSA) is 29.3 Å². The third kappa shape index (κ3) is 2.76. The predicted octanol–water partition coefficient (Wildman–Crippen LogP) is 3.34. The third-order valence-corrected chi connectivity index (χ3v) is 4.28. The zero-order valence-corrected chi connectivity index (χ0v) is 12.7. The highest BCUT2D eigenvalue weighted by Gasteiger charge is 2.08. The summed E-state index contributed by atoms with van der Waals surface area (Å²) in [6.45, 7) is 6.08. The minimum absolute atomic E-state index is 0.871. The van der Waals surface area contributed by atoms with E-state index in [-0.39, 0.29) is 0 Å². The molecule has 0 atom stereocenters. The number of nitrogens with one attached hydrogen (secondary N) is 1. The lowest BCUT2D eigenvalue weighted by molar-refractivity contribution is 0.668. The number of benzene rings is 1. The fraction of sp³-hybridized carbons (Fsp3) is 0.312. The minimum atomic E-state index is 0.871. The van der Waals surface area contributed by atoms with Crippen LogP contribution in [0.25, 0.3) is 4.96 Å². The van der Waals surface area contributed by atoms with Crippen molar-refractivity contribution in [1.82, 2.24) is 14.7 Å². The molecule has 0 radical (unpaired) electrons. The van der Waals surface area contributed by atoms with Crippen molar-refractivity contribution in [3.8, 4) is 0 Å². The standard InChI is InChI=1S/C16H19N3S/c1-12-4-3-5-14(10-12)6-7-17-11-15-13(2)18-16-19(15)8-9-20-16/h3-5,8-10,17H,6-7,11H2,1-2H3. The van der Waals surface area contributed by atoms with E-state index in [4.69, 9.17) is 0 Å². The fourth-order valence-electron chi connectivity index (χ4n) is 2.46. The molecule has 3 aromatic rings. The van der Waals surface area contributed by atoms with Crippen LogP contribution in [0.1, 0.15) is 22.5 Å². The average molecular weight is 285 g/mol. The molecule has 0 saturated carbocycles. The molecule has 0 bridgehead atoms. The molecule has 0 unspecified atom stereocenters. The number of fused-ring (bicyclic) bond motifs is 1. The van der Waals surface area contributed by atoms with Gasteiger partial charge in [-0.1, -0.05) is 29.8 Å².